The molecule has 2 atom stereocenters. The quantitative estimate of drug-likeness (QED) is 0.872. The van der Waals surface area contributed by atoms with Crippen LogP contribution in [0.4, 0.5) is 0 Å². The summed E-state index contributed by atoms with van der Waals surface area (Å²) in [5.41, 5.74) is 1.97. The summed E-state index contributed by atoms with van der Waals surface area (Å²) in [6.45, 7) is 4.69. The second-order valence-electron chi connectivity index (χ2n) is 6.32. The van der Waals surface area contributed by atoms with Gasteiger partial charge in [0.2, 0.25) is 5.88 Å². The summed E-state index contributed by atoms with van der Waals surface area (Å²) in [5.74, 6) is 1.31. The van der Waals surface area contributed by atoms with Gasteiger partial charge >= 0.3 is 0 Å². The Morgan fingerprint density at radius 3 is 2.41 bits per heavy atom. The lowest BCUT2D eigenvalue weighted by Crippen LogP contribution is -2.58. The van der Waals surface area contributed by atoms with Crippen LogP contribution in [-0.2, 0) is 0 Å². The molecule has 5 rings (SSSR count). The van der Waals surface area contributed by atoms with Gasteiger partial charge in [0.1, 0.15) is 6.10 Å². The van der Waals surface area contributed by atoms with Crippen molar-refractivity contribution in [1.82, 2.24) is 15.1 Å². The van der Waals surface area contributed by atoms with E-state index < -0.39 is 0 Å². The minimum atomic E-state index is 0.249. The van der Waals surface area contributed by atoms with Gasteiger partial charge in [-0.15, -0.1) is 10.2 Å². The molecule has 0 N–H and O–H groups in total. The highest BCUT2D eigenvalue weighted by Gasteiger charge is 2.41. The van der Waals surface area contributed by atoms with E-state index in [9.17, 15) is 0 Å². The van der Waals surface area contributed by atoms with Gasteiger partial charge in [0, 0.05) is 17.7 Å². The van der Waals surface area contributed by atoms with E-state index >= 15 is 0 Å². The first-order chi connectivity index (χ1) is 10.8. The summed E-state index contributed by atoms with van der Waals surface area (Å²) in [5, 5.41) is 8.59. The number of ether oxygens (including phenoxy) is 1. The van der Waals surface area contributed by atoms with Gasteiger partial charge in [0.05, 0.1) is 5.69 Å². The van der Waals surface area contributed by atoms with E-state index in [2.05, 4.69) is 22.0 Å². The van der Waals surface area contributed by atoms with Crippen molar-refractivity contribution < 1.29 is 4.74 Å². The SMILES string of the molecule is C[C@H]1[C@H](Oc2ccc(-c3ccccc3)nn2)C2CCN1CC2. The second-order valence-corrected chi connectivity index (χ2v) is 6.32. The first kappa shape index (κ1) is 13.7. The first-order valence-corrected chi connectivity index (χ1v) is 8.11. The molecule has 3 fully saturated rings. The zero-order chi connectivity index (χ0) is 14.9. The molecule has 1 aromatic carbocycles. The van der Waals surface area contributed by atoms with Gasteiger partial charge in [0.15, 0.2) is 0 Å². The van der Waals surface area contributed by atoms with Gasteiger partial charge in [0.25, 0.3) is 0 Å². The summed E-state index contributed by atoms with van der Waals surface area (Å²) in [6.07, 6.45) is 2.73. The molecule has 3 aliphatic rings. The largest absolute Gasteiger partial charge is 0.471 e. The van der Waals surface area contributed by atoms with Gasteiger partial charge in [-0.1, -0.05) is 30.3 Å². The third-order valence-electron chi connectivity index (χ3n) is 5.06. The van der Waals surface area contributed by atoms with Crippen LogP contribution in [0.15, 0.2) is 42.5 Å². The number of piperidine rings is 3. The molecule has 4 heterocycles. The van der Waals surface area contributed by atoms with Crippen LogP contribution in [0.2, 0.25) is 0 Å². The van der Waals surface area contributed by atoms with E-state index in [1.54, 1.807) is 0 Å². The van der Waals surface area contributed by atoms with Crippen molar-refractivity contribution in [3.63, 3.8) is 0 Å². The average Bonchev–Trinajstić information content (AvgIpc) is 2.60. The maximum atomic E-state index is 6.18. The molecule has 114 valence electrons. The van der Waals surface area contributed by atoms with Crippen LogP contribution in [0.3, 0.4) is 0 Å². The molecule has 4 nitrogen and oxygen atoms in total. The maximum absolute atomic E-state index is 6.18. The van der Waals surface area contributed by atoms with E-state index in [1.165, 1.54) is 25.9 Å². The molecule has 0 unspecified atom stereocenters. The van der Waals surface area contributed by atoms with Crippen LogP contribution in [0.1, 0.15) is 19.8 Å². The number of nitrogens with zero attached hydrogens (tertiary/aromatic N) is 3. The third kappa shape index (κ3) is 2.48. The lowest BCUT2D eigenvalue weighted by atomic mass is 9.81. The molecule has 0 spiro atoms. The third-order valence-corrected chi connectivity index (χ3v) is 5.06. The molecule has 2 bridgehead atoms. The Labute approximate surface area is 131 Å². The molecular formula is C18H21N3O. The van der Waals surface area contributed by atoms with E-state index in [1.807, 2.05) is 42.5 Å². The second kappa shape index (κ2) is 5.69. The topological polar surface area (TPSA) is 38.3 Å². The van der Waals surface area contributed by atoms with E-state index in [0.717, 1.165) is 11.3 Å². The van der Waals surface area contributed by atoms with Crippen LogP contribution in [-0.4, -0.2) is 40.3 Å². The summed E-state index contributed by atoms with van der Waals surface area (Å²) in [6, 6.07) is 14.5. The minimum Gasteiger partial charge on any atom is -0.471 e. The smallest absolute Gasteiger partial charge is 0.233 e. The molecule has 2 aromatic rings. The first-order valence-electron chi connectivity index (χ1n) is 8.11. The Hall–Kier alpha value is -1.94. The number of hydrogen-bond donors (Lipinski definition) is 0. The molecule has 3 saturated heterocycles. The summed E-state index contributed by atoms with van der Waals surface area (Å²) in [7, 11) is 0. The van der Waals surface area contributed by atoms with Crippen LogP contribution < -0.4 is 4.74 Å². The fourth-order valence-electron chi connectivity index (χ4n) is 3.74. The van der Waals surface area contributed by atoms with Gasteiger partial charge in [-0.2, -0.15) is 0 Å². The number of hydrogen-bond acceptors (Lipinski definition) is 4. The number of rotatable bonds is 3. The molecule has 22 heavy (non-hydrogen) atoms. The summed E-state index contributed by atoms with van der Waals surface area (Å²) >= 11 is 0. The zero-order valence-corrected chi connectivity index (χ0v) is 12.9. The number of aromatic nitrogens is 2. The van der Waals surface area contributed by atoms with Crippen molar-refractivity contribution in [2.75, 3.05) is 13.1 Å². The monoisotopic (exact) mass is 295 g/mol. The summed E-state index contributed by atoms with van der Waals surface area (Å²) < 4.78 is 6.18. The van der Waals surface area contributed by atoms with Crippen LogP contribution >= 0.6 is 0 Å². The predicted octanol–water partition coefficient (Wildman–Crippen LogP) is 3.01. The normalized spacial score (nSPS) is 30.2. The predicted molar refractivity (Wildman–Crippen MR) is 85.6 cm³/mol. The van der Waals surface area contributed by atoms with Crippen molar-refractivity contribution >= 4 is 0 Å². The number of benzene rings is 1. The molecule has 3 aliphatic heterocycles. The Morgan fingerprint density at radius 2 is 1.77 bits per heavy atom. The molecule has 1 aromatic heterocycles. The summed E-state index contributed by atoms with van der Waals surface area (Å²) in [4.78, 5) is 2.52. The Morgan fingerprint density at radius 1 is 1.00 bits per heavy atom. The Kier molecular flexibility index (Phi) is 3.54. The highest BCUT2D eigenvalue weighted by Crippen LogP contribution is 2.34. The van der Waals surface area contributed by atoms with Crippen LogP contribution in [0.5, 0.6) is 5.88 Å². The number of fused-ring (bicyclic) bond motifs is 3. The average molecular weight is 295 g/mol. The molecule has 0 amide bonds. The van der Waals surface area contributed by atoms with Crippen molar-refractivity contribution in [2.24, 2.45) is 5.92 Å². The Bertz CT molecular complexity index is 619. The molecule has 0 saturated carbocycles. The maximum Gasteiger partial charge on any atom is 0.233 e. The lowest BCUT2D eigenvalue weighted by Gasteiger charge is -2.48. The van der Waals surface area contributed by atoms with Crippen molar-refractivity contribution in [3.8, 4) is 17.1 Å². The lowest BCUT2D eigenvalue weighted by molar-refractivity contribution is -0.0528. The van der Waals surface area contributed by atoms with Gasteiger partial charge in [-0.25, -0.2) is 0 Å². The van der Waals surface area contributed by atoms with E-state index in [-0.39, 0.29) is 6.10 Å². The van der Waals surface area contributed by atoms with Crippen molar-refractivity contribution in [1.29, 1.82) is 0 Å². The molecule has 0 radical (unpaired) electrons. The van der Waals surface area contributed by atoms with Crippen molar-refractivity contribution in [2.45, 2.75) is 31.9 Å². The van der Waals surface area contributed by atoms with Gasteiger partial charge in [-0.05, 0) is 44.8 Å². The van der Waals surface area contributed by atoms with Gasteiger partial charge in [-0.3, -0.25) is 4.90 Å². The van der Waals surface area contributed by atoms with E-state index in [0.29, 0.717) is 17.8 Å². The zero-order valence-electron chi connectivity index (χ0n) is 12.9. The van der Waals surface area contributed by atoms with Crippen LogP contribution in [0.25, 0.3) is 11.3 Å². The van der Waals surface area contributed by atoms with Crippen LogP contribution in [0, 0.1) is 5.92 Å². The molecular weight excluding hydrogens is 274 g/mol. The Balaban J connectivity index is 1.50. The van der Waals surface area contributed by atoms with Crippen molar-refractivity contribution in [3.05, 3.63) is 42.5 Å². The molecule has 0 aliphatic carbocycles. The van der Waals surface area contributed by atoms with E-state index in [4.69, 9.17) is 4.74 Å². The highest BCUT2D eigenvalue weighted by atomic mass is 16.5. The standard InChI is InChI=1S/C18H21N3O/c1-13-18(15-9-11-21(13)12-10-15)22-17-8-7-16(19-20-17)14-5-3-2-4-6-14/h2-8,13,15,18H,9-12H2,1H3/t13-,18-/m0/s1. The highest BCUT2D eigenvalue weighted by molar-refractivity contribution is 5.58. The minimum absolute atomic E-state index is 0.249. The fraction of sp³-hybridized carbons (Fsp3) is 0.444. The van der Waals surface area contributed by atoms with Gasteiger partial charge < -0.3 is 4.74 Å². The molecule has 4 heteroatoms. The fourth-order valence-corrected chi connectivity index (χ4v) is 3.74.